The molecule has 0 saturated carbocycles. The lowest BCUT2D eigenvalue weighted by atomic mass is 10.0. The van der Waals surface area contributed by atoms with Crippen LogP contribution < -0.4 is 15.4 Å². The number of carbonyl (C=O) groups is 2. The third-order valence-corrected chi connectivity index (χ3v) is 8.04. The normalized spacial score (nSPS) is 16.9. The monoisotopic (exact) mass is 555 g/mol. The molecule has 2 saturated heterocycles. The van der Waals surface area contributed by atoms with Gasteiger partial charge in [-0.1, -0.05) is 36.1 Å². The predicted octanol–water partition coefficient (Wildman–Crippen LogP) is 3.10. The Morgan fingerprint density at radius 1 is 1.21 bits per heavy atom. The van der Waals surface area contributed by atoms with E-state index in [1.54, 1.807) is 38.2 Å². The molecular weight excluding hydrogens is 529 g/mol. The summed E-state index contributed by atoms with van der Waals surface area (Å²) >= 11 is 6.48. The minimum Gasteiger partial charge on any atom is -0.481 e. The number of aliphatic carboxylic acids is 1. The quantitative estimate of drug-likeness (QED) is 0.407. The van der Waals surface area contributed by atoms with Crippen LogP contribution in [0.25, 0.3) is 6.08 Å². The molecule has 1 N–H and O–H groups in total. The van der Waals surface area contributed by atoms with Crippen LogP contribution in [0.3, 0.4) is 0 Å². The molecule has 1 aromatic carbocycles. The van der Waals surface area contributed by atoms with Crippen molar-refractivity contribution in [3.8, 4) is 6.07 Å². The van der Waals surface area contributed by atoms with Gasteiger partial charge in [0.15, 0.2) is 0 Å². The number of benzene rings is 1. The number of hydrogen-bond donors (Lipinski definition) is 1. The van der Waals surface area contributed by atoms with Gasteiger partial charge in [0, 0.05) is 51.8 Å². The number of piperazine rings is 1. The van der Waals surface area contributed by atoms with Crippen LogP contribution in [-0.2, 0) is 16.6 Å². The third-order valence-electron chi connectivity index (χ3n) is 6.66. The van der Waals surface area contributed by atoms with Gasteiger partial charge in [0.05, 0.1) is 10.6 Å². The van der Waals surface area contributed by atoms with Crippen LogP contribution in [0.4, 0.5) is 15.9 Å². The highest BCUT2D eigenvalue weighted by Gasteiger charge is 2.33. The van der Waals surface area contributed by atoms with Crippen molar-refractivity contribution in [1.29, 1.82) is 5.26 Å². The number of aromatic nitrogens is 1. The van der Waals surface area contributed by atoms with Gasteiger partial charge in [0.1, 0.15) is 27.6 Å². The van der Waals surface area contributed by atoms with E-state index in [1.807, 2.05) is 15.9 Å². The van der Waals surface area contributed by atoms with Crippen LogP contribution >= 0.6 is 24.0 Å². The number of nitrogens with zero attached hydrogens (tertiary/aromatic N) is 5. The van der Waals surface area contributed by atoms with Crippen molar-refractivity contribution < 1.29 is 19.1 Å². The number of halogens is 1. The van der Waals surface area contributed by atoms with Gasteiger partial charge in [-0.2, -0.15) is 5.26 Å². The van der Waals surface area contributed by atoms with Gasteiger partial charge < -0.3 is 14.9 Å². The van der Waals surface area contributed by atoms with Gasteiger partial charge in [-0.15, -0.1) is 0 Å². The second-order valence-corrected chi connectivity index (χ2v) is 10.6. The van der Waals surface area contributed by atoms with E-state index in [2.05, 4.69) is 0 Å². The number of thiocarbonyl (C=S) groups is 1. The maximum atomic E-state index is 14.3. The molecule has 0 bridgehead atoms. The van der Waals surface area contributed by atoms with E-state index >= 15 is 0 Å². The van der Waals surface area contributed by atoms with Crippen molar-refractivity contribution in [2.24, 2.45) is 7.05 Å². The van der Waals surface area contributed by atoms with E-state index in [9.17, 15) is 24.0 Å². The molecule has 0 radical (unpaired) electrons. The number of carboxylic acids is 1. The van der Waals surface area contributed by atoms with Gasteiger partial charge in [-0.05, 0) is 37.1 Å². The first-order valence-electron chi connectivity index (χ1n) is 12.0. The van der Waals surface area contributed by atoms with Crippen molar-refractivity contribution in [3.63, 3.8) is 0 Å². The Kier molecular flexibility index (Phi) is 8.18. The first kappa shape index (κ1) is 27.3. The van der Waals surface area contributed by atoms with E-state index < -0.39 is 11.5 Å². The minimum atomic E-state index is -0.949. The zero-order chi connectivity index (χ0) is 27.6. The van der Waals surface area contributed by atoms with Crippen LogP contribution in [-0.4, -0.2) is 63.5 Å². The molecule has 9 nitrogen and oxygen atoms in total. The highest BCUT2D eigenvalue weighted by molar-refractivity contribution is 8.26. The smallest absolute Gasteiger partial charge is 0.303 e. The number of para-hydroxylation sites is 1. The molecular formula is C26H26FN5O4S2. The van der Waals surface area contributed by atoms with Crippen LogP contribution in [0.5, 0.6) is 0 Å². The molecule has 38 heavy (non-hydrogen) atoms. The molecule has 2 aliphatic rings. The number of amides is 1. The third kappa shape index (κ3) is 5.30. The summed E-state index contributed by atoms with van der Waals surface area (Å²) in [6.45, 7) is 3.87. The van der Waals surface area contributed by atoms with Gasteiger partial charge in [0.2, 0.25) is 0 Å². The van der Waals surface area contributed by atoms with Gasteiger partial charge >= 0.3 is 5.97 Å². The molecule has 4 rings (SSSR count). The Morgan fingerprint density at radius 3 is 2.50 bits per heavy atom. The summed E-state index contributed by atoms with van der Waals surface area (Å²) < 4.78 is 16.1. The second-order valence-electron chi connectivity index (χ2n) is 8.97. The minimum absolute atomic E-state index is 0.00979. The van der Waals surface area contributed by atoms with E-state index in [1.165, 1.54) is 15.5 Å². The SMILES string of the molecule is Cc1c(C=C2SC(=S)N(CCCC(=O)O)C2=O)c(N2CCN(c3ccccc3F)CC2)n(C)c(=O)c1C#N. The Morgan fingerprint density at radius 2 is 1.87 bits per heavy atom. The Bertz CT molecular complexity index is 1440. The largest absolute Gasteiger partial charge is 0.481 e. The van der Waals surface area contributed by atoms with Crippen LogP contribution in [0.15, 0.2) is 34.0 Å². The molecule has 0 unspecified atom stereocenters. The lowest BCUT2D eigenvalue weighted by Crippen LogP contribution is -2.48. The first-order valence-corrected chi connectivity index (χ1v) is 13.2. The maximum absolute atomic E-state index is 14.3. The molecule has 1 amide bonds. The lowest BCUT2D eigenvalue weighted by molar-refractivity contribution is -0.137. The van der Waals surface area contributed by atoms with Crippen molar-refractivity contribution in [1.82, 2.24) is 9.47 Å². The fraction of sp³-hybridized carbons (Fsp3) is 0.346. The summed E-state index contributed by atoms with van der Waals surface area (Å²) in [5.74, 6) is -1.02. The Hall–Kier alpha value is -3.69. The molecule has 2 fully saturated rings. The van der Waals surface area contributed by atoms with E-state index in [4.69, 9.17) is 17.3 Å². The summed E-state index contributed by atoms with van der Waals surface area (Å²) in [6, 6.07) is 8.57. The van der Waals surface area contributed by atoms with Crippen molar-refractivity contribution in [2.75, 3.05) is 42.5 Å². The number of thioether (sulfide) groups is 1. The fourth-order valence-corrected chi connectivity index (χ4v) is 5.96. The predicted molar refractivity (Wildman–Crippen MR) is 149 cm³/mol. The van der Waals surface area contributed by atoms with Gasteiger partial charge in [-0.25, -0.2) is 4.39 Å². The summed E-state index contributed by atoms with van der Waals surface area (Å²) in [6.07, 6.45) is 1.85. The molecule has 2 aromatic rings. The average Bonchev–Trinajstić information content (AvgIpc) is 3.15. The number of carboxylic acid groups (broad SMARTS) is 1. The number of carbonyl (C=O) groups excluding carboxylic acids is 1. The molecule has 198 valence electrons. The number of anilines is 2. The van der Waals surface area contributed by atoms with Crippen LogP contribution in [0, 0.1) is 24.1 Å². The number of nitriles is 1. The lowest BCUT2D eigenvalue weighted by Gasteiger charge is -2.38. The van der Waals surface area contributed by atoms with Crippen molar-refractivity contribution in [3.05, 3.63) is 62.0 Å². The summed E-state index contributed by atoms with van der Waals surface area (Å²) in [4.78, 5) is 42.7. The Labute approximate surface area is 228 Å². The number of pyridine rings is 1. The zero-order valence-electron chi connectivity index (χ0n) is 20.9. The Balaban J connectivity index is 1.68. The zero-order valence-corrected chi connectivity index (χ0v) is 22.6. The molecule has 0 aliphatic carbocycles. The molecule has 0 spiro atoms. The van der Waals surface area contributed by atoms with E-state index in [0.29, 0.717) is 58.0 Å². The van der Waals surface area contributed by atoms with Gasteiger partial charge in [0.25, 0.3) is 11.5 Å². The fourth-order valence-electron chi connectivity index (χ4n) is 4.67. The first-order chi connectivity index (χ1) is 18.1. The van der Waals surface area contributed by atoms with Crippen LogP contribution in [0.1, 0.15) is 29.5 Å². The average molecular weight is 556 g/mol. The van der Waals surface area contributed by atoms with E-state index in [0.717, 1.165) is 11.8 Å². The molecule has 12 heteroatoms. The molecule has 1 aromatic heterocycles. The van der Waals surface area contributed by atoms with Crippen molar-refractivity contribution >= 4 is 57.8 Å². The summed E-state index contributed by atoms with van der Waals surface area (Å²) in [5, 5.41) is 18.6. The highest BCUT2D eigenvalue weighted by Crippen LogP contribution is 2.36. The summed E-state index contributed by atoms with van der Waals surface area (Å²) in [5.41, 5.74) is 1.09. The molecule has 2 aliphatic heterocycles. The van der Waals surface area contributed by atoms with Crippen molar-refractivity contribution in [2.45, 2.75) is 19.8 Å². The standard InChI is InChI=1S/C26H26FN5O4S2/c1-16-17(14-21-25(36)32(26(37)38-21)9-5-8-22(33)34)23(29(2)24(35)18(16)15-28)31-12-10-30(11-13-31)20-7-4-3-6-19(20)27/h3-4,6-7,14H,5,8-13H2,1-2H3,(H,33,34). The maximum Gasteiger partial charge on any atom is 0.303 e. The number of rotatable bonds is 7. The molecule has 0 atom stereocenters. The second kappa shape index (κ2) is 11.4. The summed E-state index contributed by atoms with van der Waals surface area (Å²) in [7, 11) is 1.59. The van der Waals surface area contributed by atoms with E-state index in [-0.39, 0.29) is 36.7 Å². The molecule has 3 heterocycles. The van der Waals surface area contributed by atoms with Crippen LogP contribution in [0.2, 0.25) is 0 Å². The number of hydrogen-bond acceptors (Lipinski definition) is 8. The highest BCUT2D eigenvalue weighted by atomic mass is 32.2. The van der Waals surface area contributed by atoms with Gasteiger partial charge in [-0.3, -0.25) is 23.9 Å². The topological polar surface area (TPSA) is 110 Å².